The molecule has 150 valence electrons. The van der Waals surface area contributed by atoms with E-state index < -0.39 is 6.09 Å². The van der Waals surface area contributed by atoms with E-state index >= 15 is 0 Å². The highest BCUT2D eigenvalue weighted by molar-refractivity contribution is 6.30. The molecule has 28 heavy (non-hydrogen) atoms. The molecular formula is C21H26ClN3O3. The molecule has 2 aromatic carbocycles. The molecule has 0 spiro atoms. The summed E-state index contributed by atoms with van der Waals surface area (Å²) in [6.07, 6.45) is -0.371. The van der Waals surface area contributed by atoms with Crippen LogP contribution in [0.15, 0.2) is 48.5 Å². The Labute approximate surface area is 170 Å². The summed E-state index contributed by atoms with van der Waals surface area (Å²) in [4.78, 5) is 15.9. The standard InChI is InChI=1S/C21H26ClN3O3/c1-27-20-8-7-17(22)15-18(20)25-13-11-24(12-14-25)10-9-19(28-21(23)26)16-5-3-2-4-6-16/h2-8,15,19H,9-14H2,1H3,(H2,23,26). The highest BCUT2D eigenvalue weighted by atomic mass is 35.5. The molecule has 1 amide bonds. The summed E-state index contributed by atoms with van der Waals surface area (Å²) in [5.41, 5.74) is 7.24. The fourth-order valence-corrected chi connectivity index (χ4v) is 3.69. The monoisotopic (exact) mass is 403 g/mol. The second-order valence-corrected chi connectivity index (χ2v) is 7.21. The van der Waals surface area contributed by atoms with E-state index in [9.17, 15) is 4.79 Å². The molecule has 1 aliphatic heterocycles. The number of primary amides is 1. The summed E-state index contributed by atoms with van der Waals surface area (Å²) >= 11 is 6.16. The van der Waals surface area contributed by atoms with E-state index in [1.807, 2.05) is 48.5 Å². The van der Waals surface area contributed by atoms with E-state index in [1.54, 1.807) is 7.11 Å². The van der Waals surface area contributed by atoms with Crippen LogP contribution in [0.5, 0.6) is 5.75 Å². The van der Waals surface area contributed by atoms with Gasteiger partial charge in [0.25, 0.3) is 0 Å². The highest BCUT2D eigenvalue weighted by Gasteiger charge is 2.22. The minimum atomic E-state index is -0.744. The Kier molecular flexibility index (Phi) is 7.01. The third-order valence-corrected chi connectivity index (χ3v) is 5.23. The Morgan fingerprint density at radius 2 is 1.86 bits per heavy atom. The average Bonchev–Trinajstić information content (AvgIpc) is 2.72. The van der Waals surface area contributed by atoms with Crippen molar-refractivity contribution in [2.45, 2.75) is 12.5 Å². The number of ether oxygens (including phenoxy) is 2. The Morgan fingerprint density at radius 3 is 2.50 bits per heavy atom. The van der Waals surface area contributed by atoms with Gasteiger partial charge in [0, 0.05) is 44.2 Å². The predicted molar refractivity (Wildman–Crippen MR) is 111 cm³/mol. The largest absolute Gasteiger partial charge is 0.495 e. The second-order valence-electron chi connectivity index (χ2n) is 6.77. The smallest absolute Gasteiger partial charge is 0.405 e. The molecule has 1 unspecified atom stereocenters. The zero-order chi connectivity index (χ0) is 19.9. The fourth-order valence-electron chi connectivity index (χ4n) is 3.52. The fraction of sp³-hybridized carbons (Fsp3) is 0.381. The molecule has 0 aliphatic carbocycles. The first-order valence-corrected chi connectivity index (χ1v) is 9.76. The lowest BCUT2D eigenvalue weighted by Gasteiger charge is -2.37. The number of carbonyl (C=O) groups excluding carboxylic acids is 1. The number of nitrogens with zero attached hydrogens (tertiary/aromatic N) is 2. The average molecular weight is 404 g/mol. The van der Waals surface area contributed by atoms with Gasteiger partial charge in [0.15, 0.2) is 0 Å². The highest BCUT2D eigenvalue weighted by Crippen LogP contribution is 2.32. The lowest BCUT2D eigenvalue weighted by atomic mass is 10.1. The molecule has 1 heterocycles. The van der Waals surface area contributed by atoms with Crippen molar-refractivity contribution >= 4 is 23.4 Å². The van der Waals surface area contributed by atoms with Gasteiger partial charge in [-0.25, -0.2) is 4.79 Å². The van der Waals surface area contributed by atoms with Gasteiger partial charge >= 0.3 is 6.09 Å². The number of hydrogen-bond donors (Lipinski definition) is 1. The number of anilines is 1. The van der Waals surface area contributed by atoms with Crippen LogP contribution in [-0.2, 0) is 4.74 Å². The number of methoxy groups -OCH3 is 1. The van der Waals surface area contributed by atoms with Gasteiger partial charge in [-0.15, -0.1) is 0 Å². The number of carbonyl (C=O) groups is 1. The summed E-state index contributed by atoms with van der Waals surface area (Å²) in [7, 11) is 1.67. The molecular weight excluding hydrogens is 378 g/mol. The maximum atomic E-state index is 11.3. The van der Waals surface area contributed by atoms with E-state index in [1.165, 1.54) is 0 Å². The molecule has 1 aliphatic rings. The van der Waals surface area contributed by atoms with Crippen LogP contribution >= 0.6 is 11.6 Å². The molecule has 3 rings (SSSR count). The Hall–Kier alpha value is -2.44. The SMILES string of the molecule is COc1ccc(Cl)cc1N1CCN(CCC(OC(N)=O)c2ccccc2)CC1. The first-order valence-electron chi connectivity index (χ1n) is 9.38. The van der Waals surface area contributed by atoms with Crippen molar-refractivity contribution in [3.63, 3.8) is 0 Å². The second kappa shape index (κ2) is 9.66. The Morgan fingerprint density at radius 1 is 1.14 bits per heavy atom. The van der Waals surface area contributed by atoms with Crippen LogP contribution in [0.25, 0.3) is 0 Å². The van der Waals surface area contributed by atoms with E-state index in [0.29, 0.717) is 11.4 Å². The third-order valence-electron chi connectivity index (χ3n) is 4.99. The Balaban J connectivity index is 1.56. The van der Waals surface area contributed by atoms with Crippen molar-refractivity contribution in [3.05, 3.63) is 59.1 Å². The van der Waals surface area contributed by atoms with Crippen molar-refractivity contribution in [1.29, 1.82) is 0 Å². The number of benzene rings is 2. The molecule has 1 saturated heterocycles. The van der Waals surface area contributed by atoms with Crippen molar-refractivity contribution in [2.24, 2.45) is 5.73 Å². The summed E-state index contributed by atoms with van der Waals surface area (Å²) in [6, 6.07) is 15.4. The first kappa shape index (κ1) is 20.3. The quantitative estimate of drug-likeness (QED) is 0.763. The van der Waals surface area contributed by atoms with Gasteiger partial charge in [0.1, 0.15) is 11.9 Å². The lowest BCUT2D eigenvalue weighted by Crippen LogP contribution is -2.47. The van der Waals surface area contributed by atoms with Crippen molar-refractivity contribution in [2.75, 3.05) is 44.7 Å². The molecule has 2 N–H and O–H groups in total. The molecule has 0 saturated carbocycles. The lowest BCUT2D eigenvalue weighted by molar-refractivity contribution is 0.0910. The number of hydrogen-bond acceptors (Lipinski definition) is 5. The van der Waals surface area contributed by atoms with Crippen LogP contribution in [0.1, 0.15) is 18.1 Å². The number of halogens is 1. The van der Waals surface area contributed by atoms with Gasteiger partial charge in [-0.05, 0) is 23.8 Å². The summed E-state index contributed by atoms with van der Waals surface area (Å²) in [5, 5.41) is 0.701. The molecule has 1 atom stereocenters. The third kappa shape index (κ3) is 5.30. The minimum absolute atomic E-state index is 0.329. The molecule has 7 heteroatoms. The zero-order valence-electron chi connectivity index (χ0n) is 16.0. The molecule has 2 aromatic rings. The van der Waals surface area contributed by atoms with Gasteiger partial charge in [-0.3, -0.25) is 4.90 Å². The zero-order valence-corrected chi connectivity index (χ0v) is 16.8. The summed E-state index contributed by atoms with van der Waals surface area (Å²) in [6.45, 7) is 4.40. The normalized spacial score (nSPS) is 15.9. The first-order chi connectivity index (χ1) is 13.6. The van der Waals surface area contributed by atoms with Crippen molar-refractivity contribution in [3.8, 4) is 5.75 Å². The molecule has 0 radical (unpaired) electrons. The van der Waals surface area contributed by atoms with Gasteiger partial charge in [0.05, 0.1) is 12.8 Å². The van der Waals surface area contributed by atoms with Crippen LogP contribution < -0.4 is 15.4 Å². The van der Waals surface area contributed by atoms with Gasteiger partial charge in [-0.1, -0.05) is 41.9 Å². The topological polar surface area (TPSA) is 68.0 Å². The van der Waals surface area contributed by atoms with Crippen LogP contribution in [0.3, 0.4) is 0 Å². The number of rotatable bonds is 7. The summed E-state index contributed by atoms with van der Waals surface area (Å²) < 4.78 is 10.8. The van der Waals surface area contributed by atoms with Crippen LogP contribution in [0.2, 0.25) is 5.02 Å². The van der Waals surface area contributed by atoms with E-state index in [2.05, 4.69) is 9.80 Å². The minimum Gasteiger partial charge on any atom is -0.495 e. The van der Waals surface area contributed by atoms with E-state index in [0.717, 1.165) is 49.7 Å². The van der Waals surface area contributed by atoms with Crippen molar-refractivity contribution in [1.82, 2.24) is 4.90 Å². The van der Waals surface area contributed by atoms with Crippen LogP contribution in [0.4, 0.5) is 10.5 Å². The Bertz CT molecular complexity index is 780. The van der Waals surface area contributed by atoms with Crippen LogP contribution in [0, 0.1) is 0 Å². The van der Waals surface area contributed by atoms with Crippen molar-refractivity contribution < 1.29 is 14.3 Å². The predicted octanol–water partition coefficient (Wildman–Crippen LogP) is 3.70. The van der Waals surface area contributed by atoms with Gasteiger partial charge in [-0.2, -0.15) is 0 Å². The molecule has 6 nitrogen and oxygen atoms in total. The molecule has 0 bridgehead atoms. The van der Waals surface area contributed by atoms with Gasteiger partial charge in [0.2, 0.25) is 0 Å². The molecule has 1 fully saturated rings. The van der Waals surface area contributed by atoms with Crippen LogP contribution in [-0.4, -0.2) is 50.8 Å². The number of amides is 1. The van der Waals surface area contributed by atoms with Gasteiger partial charge < -0.3 is 20.1 Å². The maximum absolute atomic E-state index is 11.3. The maximum Gasteiger partial charge on any atom is 0.405 e. The number of piperazine rings is 1. The summed E-state index contributed by atoms with van der Waals surface area (Å²) in [5.74, 6) is 0.830. The molecule has 0 aromatic heterocycles. The van der Waals surface area contributed by atoms with E-state index in [-0.39, 0.29) is 6.10 Å². The number of nitrogens with two attached hydrogens (primary N) is 1. The van der Waals surface area contributed by atoms with E-state index in [4.69, 9.17) is 26.8 Å².